The van der Waals surface area contributed by atoms with E-state index in [2.05, 4.69) is 28.5 Å². The summed E-state index contributed by atoms with van der Waals surface area (Å²) in [5.41, 5.74) is 3.97. The van der Waals surface area contributed by atoms with E-state index in [1.165, 1.54) is 16.9 Å². The van der Waals surface area contributed by atoms with Gasteiger partial charge < -0.3 is 14.8 Å². The molecule has 1 aliphatic heterocycles. The number of hydrogen-bond donors (Lipinski definition) is 1. The van der Waals surface area contributed by atoms with Crippen molar-refractivity contribution in [1.82, 2.24) is 10.2 Å². The van der Waals surface area contributed by atoms with E-state index in [0.717, 1.165) is 28.6 Å². The summed E-state index contributed by atoms with van der Waals surface area (Å²) in [6.07, 6.45) is 1.18. The smallest absolute Gasteiger partial charge is 0.205 e. The van der Waals surface area contributed by atoms with E-state index in [4.69, 9.17) is 9.47 Å². The van der Waals surface area contributed by atoms with Gasteiger partial charge in [0.05, 0.1) is 7.11 Å². The number of nitrogens with one attached hydrogen (secondary N) is 1. The van der Waals surface area contributed by atoms with Crippen LogP contribution < -0.4 is 14.8 Å². The predicted molar refractivity (Wildman–Crippen MR) is 74.0 cm³/mol. The first-order valence-corrected chi connectivity index (χ1v) is 7.00. The van der Waals surface area contributed by atoms with Crippen LogP contribution >= 0.6 is 11.3 Å². The van der Waals surface area contributed by atoms with Gasteiger partial charge in [-0.3, -0.25) is 0 Å². The molecule has 1 aromatic heterocycles. The summed E-state index contributed by atoms with van der Waals surface area (Å²) in [4.78, 5) is 0. The van der Waals surface area contributed by atoms with Gasteiger partial charge in [0.2, 0.25) is 5.13 Å². The Kier molecular flexibility index (Phi) is 3.25. The summed E-state index contributed by atoms with van der Waals surface area (Å²) in [5.74, 6) is 1.84. The van der Waals surface area contributed by atoms with E-state index in [-0.39, 0.29) is 6.10 Å². The third-order valence-electron chi connectivity index (χ3n) is 3.09. The number of ether oxygens (including phenoxy) is 2. The first kappa shape index (κ1) is 12.2. The lowest BCUT2D eigenvalue weighted by atomic mass is 10.1. The zero-order chi connectivity index (χ0) is 13.2. The number of nitrogens with zero attached hydrogens (tertiary/aromatic N) is 2. The Balaban J connectivity index is 1.82. The average molecular weight is 277 g/mol. The second kappa shape index (κ2) is 5.05. The summed E-state index contributed by atoms with van der Waals surface area (Å²) >= 11 is 1.48. The molecule has 0 amide bonds. The third kappa shape index (κ3) is 2.49. The van der Waals surface area contributed by atoms with Crippen molar-refractivity contribution in [2.24, 2.45) is 0 Å². The largest absolute Gasteiger partial charge is 0.496 e. The number of benzene rings is 1. The van der Waals surface area contributed by atoms with Crippen molar-refractivity contribution < 1.29 is 9.47 Å². The Morgan fingerprint density at radius 1 is 1.53 bits per heavy atom. The van der Waals surface area contributed by atoms with Crippen molar-refractivity contribution in [2.45, 2.75) is 26.0 Å². The van der Waals surface area contributed by atoms with Crippen LogP contribution in [0.4, 0.5) is 5.13 Å². The van der Waals surface area contributed by atoms with Gasteiger partial charge in [0, 0.05) is 24.1 Å². The lowest BCUT2D eigenvalue weighted by molar-refractivity contribution is 0.254. The molecule has 0 fully saturated rings. The molecule has 0 saturated carbocycles. The van der Waals surface area contributed by atoms with Crippen LogP contribution in [-0.4, -0.2) is 23.4 Å². The minimum atomic E-state index is 0.242. The van der Waals surface area contributed by atoms with E-state index in [1.807, 2.05) is 6.07 Å². The van der Waals surface area contributed by atoms with E-state index in [0.29, 0.717) is 6.54 Å². The third-order valence-corrected chi connectivity index (χ3v) is 3.74. The summed E-state index contributed by atoms with van der Waals surface area (Å²) in [5, 5.41) is 11.8. The van der Waals surface area contributed by atoms with Gasteiger partial charge >= 0.3 is 0 Å². The van der Waals surface area contributed by atoms with Crippen LogP contribution in [0.1, 0.15) is 18.1 Å². The second-order valence-corrected chi connectivity index (χ2v) is 5.34. The summed E-state index contributed by atoms with van der Waals surface area (Å²) in [6, 6.07) is 4.11. The number of methoxy groups -OCH3 is 1. The van der Waals surface area contributed by atoms with E-state index in [9.17, 15) is 0 Å². The molecule has 6 heteroatoms. The molecule has 3 rings (SSSR count). The lowest BCUT2D eigenvalue weighted by Gasteiger charge is -2.11. The molecule has 1 N–H and O–H groups in total. The van der Waals surface area contributed by atoms with Crippen LogP contribution in [0.3, 0.4) is 0 Å². The molecule has 0 bridgehead atoms. The highest BCUT2D eigenvalue weighted by atomic mass is 32.1. The van der Waals surface area contributed by atoms with Crippen molar-refractivity contribution >= 4 is 16.5 Å². The van der Waals surface area contributed by atoms with Gasteiger partial charge in [-0.15, -0.1) is 10.2 Å². The van der Waals surface area contributed by atoms with Crippen LogP contribution in [0.5, 0.6) is 11.5 Å². The van der Waals surface area contributed by atoms with Gasteiger partial charge in [0.15, 0.2) is 0 Å². The molecule has 19 heavy (non-hydrogen) atoms. The molecular weight excluding hydrogens is 262 g/mol. The Morgan fingerprint density at radius 3 is 3.16 bits per heavy atom. The first-order valence-electron chi connectivity index (χ1n) is 6.12. The lowest BCUT2D eigenvalue weighted by Crippen LogP contribution is -2.05. The molecule has 1 aliphatic rings. The highest BCUT2D eigenvalue weighted by Gasteiger charge is 2.21. The highest BCUT2D eigenvalue weighted by Crippen LogP contribution is 2.35. The van der Waals surface area contributed by atoms with Gasteiger partial charge in [-0.05, 0) is 19.1 Å². The van der Waals surface area contributed by atoms with Gasteiger partial charge in [-0.2, -0.15) is 0 Å². The van der Waals surface area contributed by atoms with E-state index < -0.39 is 0 Å². The monoisotopic (exact) mass is 277 g/mol. The molecule has 5 nitrogen and oxygen atoms in total. The van der Waals surface area contributed by atoms with Crippen LogP contribution in [0, 0.1) is 0 Å². The molecule has 100 valence electrons. The fourth-order valence-corrected chi connectivity index (χ4v) is 2.67. The van der Waals surface area contributed by atoms with Crippen LogP contribution in [0.2, 0.25) is 0 Å². The fraction of sp³-hybridized carbons (Fsp3) is 0.385. The molecule has 1 aromatic carbocycles. The molecular formula is C13H15N3O2S. The minimum absolute atomic E-state index is 0.242. The molecule has 0 aliphatic carbocycles. The number of anilines is 1. The summed E-state index contributed by atoms with van der Waals surface area (Å²) in [6.45, 7) is 2.72. The van der Waals surface area contributed by atoms with Crippen molar-refractivity contribution in [3.63, 3.8) is 0 Å². The standard InChI is InChI=1S/C13H15N3O2S/c1-8-3-9-4-11(17-2)10(5-12(9)18-8)6-14-13-16-15-7-19-13/h4-5,7-8H,3,6H2,1-2H3,(H,14,16). The highest BCUT2D eigenvalue weighted by molar-refractivity contribution is 7.13. The normalized spacial score (nSPS) is 16.8. The fourth-order valence-electron chi connectivity index (χ4n) is 2.23. The summed E-state index contributed by atoms with van der Waals surface area (Å²) < 4.78 is 11.2. The molecule has 0 saturated heterocycles. The van der Waals surface area contributed by atoms with Crippen molar-refractivity contribution in [2.75, 3.05) is 12.4 Å². The van der Waals surface area contributed by atoms with Crippen molar-refractivity contribution in [3.8, 4) is 11.5 Å². The maximum Gasteiger partial charge on any atom is 0.205 e. The zero-order valence-corrected chi connectivity index (χ0v) is 11.7. The Morgan fingerprint density at radius 2 is 2.42 bits per heavy atom. The van der Waals surface area contributed by atoms with Gasteiger partial charge in [0.25, 0.3) is 0 Å². The van der Waals surface area contributed by atoms with Gasteiger partial charge in [-0.25, -0.2) is 0 Å². The molecule has 0 radical (unpaired) electrons. The number of rotatable bonds is 4. The quantitative estimate of drug-likeness (QED) is 0.930. The number of aromatic nitrogens is 2. The van der Waals surface area contributed by atoms with Crippen LogP contribution in [0.15, 0.2) is 17.6 Å². The SMILES string of the molecule is COc1cc2c(cc1CNc1nncs1)OC(C)C2. The van der Waals surface area contributed by atoms with Gasteiger partial charge in [0.1, 0.15) is 23.1 Å². The Hall–Kier alpha value is -1.82. The van der Waals surface area contributed by atoms with Crippen molar-refractivity contribution in [3.05, 3.63) is 28.8 Å². The van der Waals surface area contributed by atoms with Crippen LogP contribution in [0.25, 0.3) is 0 Å². The number of fused-ring (bicyclic) bond motifs is 1. The maximum absolute atomic E-state index is 5.78. The molecule has 2 heterocycles. The van der Waals surface area contributed by atoms with Gasteiger partial charge in [-0.1, -0.05) is 11.3 Å². The first-order chi connectivity index (χ1) is 9.26. The van der Waals surface area contributed by atoms with E-state index in [1.54, 1.807) is 12.6 Å². The molecule has 1 unspecified atom stereocenters. The van der Waals surface area contributed by atoms with E-state index >= 15 is 0 Å². The molecule has 0 spiro atoms. The van der Waals surface area contributed by atoms with Crippen LogP contribution in [-0.2, 0) is 13.0 Å². The second-order valence-electron chi connectivity index (χ2n) is 4.50. The topological polar surface area (TPSA) is 56.3 Å². The zero-order valence-electron chi connectivity index (χ0n) is 10.8. The predicted octanol–water partition coefficient (Wildman–Crippen LogP) is 2.48. The number of hydrogen-bond acceptors (Lipinski definition) is 6. The summed E-state index contributed by atoms with van der Waals surface area (Å²) in [7, 11) is 1.69. The minimum Gasteiger partial charge on any atom is -0.496 e. The Bertz CT molecular complexity index is 572. The Labute approximate surface area is 115 Å². The molecule has 1 atom stereocenters. The molecule has 2 aromatic rings. The van der Waals surface area contributed by atoms with Crippen molar-refractivity contribution in [1.29, 1.82) is 0 Å². The average Bonchev–Trinajstić information content (AvgIpc) is 3.02. The maximum atomic E-state index is 5.78.